The number of aromatic nitrogens is 3. The van der Waals surface area contributed by atoms with Crippen molar-refractivity contribution in [3.8, 4) is 11.5 Å². The van der Waals surface area contributed by atoms with Crippen LogP contribution in [-0.2, 0) is 11.3 Å². The lowest BCUT2D eigenvalue weighted by molar-refractivity contribution is -0.0574. The molecule has 0 spiro atoms. The second kappa shape index (κ2) is 9.97. The van der Waals surface area contributed by atoms with Gasteiger partial charge >= 0.3 is 5.97 Å². The third-order valence-electron chi connectivity index (χ3n) is 5.16. The minimum atomic E-state index is -1.07. The summed E-state index contributed by atoms with van der Waals surface area (Å²) in [6, 6.07) is 4.93. The van der Waals surface area contributed by atoms with Crippen LogP contribution in [0.3, 0.4) is 0 Å². The van der Waals surface area contributed by atoms with Crippen LogP contribution >= 0.6 is 0 Å². The Kier molecular flexibility index (Phi) is 7.32. The number of aliphatic hydroxyl groups is 1. The molecule has 9 nitrogen and oxygen atoms in total. The van der Waals surface area contributed by atoms with E-state index in [0.717, 1.165) is 5.56 Å². The van der Waals surface area contributed by atoms with E-state index in [1.807, 2.05) is 20.8 Å². The van der Waals surface area contributed by atoms with Crippen LogP contribution < -0.4 is 9.47 Å². The van der Waals surface area contributed by atoms with Crippen LogP contribution in [0.4, 0.5) is 0 Å². The van der Waals surface area contributed by atoms with Crippen molar-refractivity contribution in [2.75, 3.05) is 20.8 Å². The Morgan fingerprint density at radius 1 is 1.19 bits per heavy atom. The van der Waals surface area contributed by atoms with Gasteiger partial charge in [-0.1, -0.05) is 13.8 Å². The van der Waals surface area contributed by atoms with Crippen LogP contribution in [-0.4, -0.2) is 57.9 Å². The molecule has 0 aliphatic carbocycles. The maximum atomic E-state index is 11.5. The predicted molar refractivity (Wildman–Crippen MR) is 118 cm³/mol. The maximum absolute atomic E-state index is 11.5. The van der Waals surface area contributed by atoms with E-state index < -0.39 is 18.2 Å². The van der Waals surface area contributed by atoms with E-state index in [0.29, 0.717) is 29.2 Å². The summed E-state index contributed by atoms with van der Waals surface area (Å²) >= 11 is 0. The van der Waals surface area contributed by atoms with Gasteiger partial charge in [0.05, 0.1) is 32.5 Å². The van der Waals surface area contributed by atoms with E-state index >= 15 is 0 Å². The fraction of sp³-hybridized carbons (Fsp3) is 0.435. The maximum Gasteiger partial charge on any atom is 0.338 e. The highest BCUT2D eigenvalue weighted by molar-refractivity contribution is 6.00. The molecule has 0 aliphatic heterocycles. The molecule has 1 aromatic carbocycles. The first-order valence-electron chi connectivity index (χ1n) is 10.3. The molecule has 0 radical (unpaired) electrons. The number of benzene rings is 1. The molecule has 32 heavy (non-hydrogen) atoms. The van der Waals surface area contributed by atoms with Gasteiger partial charge in [0.25, 0.3) is 0 Å². The highest BCUT2D eigenvalue weighted by atomic mass is 16.5. The fourth-order valence-corrected chi connectivity index (χ4v) is 3.47. The zero-order valence-electron chi connectivity index (χ0n) is 18.9. The Bertz CT molecular complexity index is 1070. The summed E-state index contributed by atoms with van der Waals surface area (Å²) in [6.07, 6.45) is 1.43. The lowest BCUT2D eigenvalue weighted by atomic mass is 10.0. The van der Waals surface area contributed by atoms with Gasteiger partial charge in [-0.05, 0) is 36.6 Å². The van der Waals surface area contributed by atoms with Gasteiger partial charge in [-0.25, -0.2) is 4.79 Å². The van der Waals surface area contributed by atoms with E-state index in [1.54, 1.807) is 37.2 Å². The average molecular weight is 444 g/mol. The first kappa shape index (κ1) is 23.5. The number of hydrogen-bond acceptors (Lipinski definition) is 7. The Morgan fingerprint density at radius 3 is 2.41 bits per heavy atom. The third kappa shape index (κ3) is 5.00. The van der Waals surface area contributed by atoms with Crippen molar-refractivity contribution in [1.82, 2.24) is 14.8 Å². The van der Waals surface area contributed by atoms with E-state index in [-0.39, 0.29) is 23.5 Å². The molecule has 0 aliphatic rings. The van der Waals surface area contributed by atoms with Crippen molar-refractivity contribution < 1.29 is 29.2 Å². The normalized spacial score (nSPS) is 13.3. The van der Waals surface area contributed by atoms with Gasteiger partial charge in [0.15, 0.2) is 0 Å². The smallest absolute Gasteiger partial charge is 0.338 e. The number of nitrogens with zero attached hydrogens (tertiary/aromatic N) is 3. The van der Waals surface area contributed by atoms with Crippen molar-refractivity contribution in [1.29, 1.82) is 0 Å². The quantitative estimate of drug-likeness (QED) is 0.491. The van der Waals surface area contributed by atoms with Crippen molar-refractivity contribution in [3.63, 3.8) is 0 Å². The summed E-state index contributed by atoms with van der Waals surface area (Å²) < 4.78 is 18.5. The molecule has 0 fully saturated rings. The zero-order valence-corrected chi connectivity index (χ0v) is 18.9. The third-order valence-corrected chi connectivity index (χ3v) is 5.16. The molecule has 0 bridgehead atoms. The van der Waals surface area contributed by atoms with Gasteiger partial charge in [-0.3, -0.25) is 9.67 Å². The number of methoxy groups -OCH3 is 2. The molecule has 172 valence electrons. The van der Waals surface area contributed by atoms with Crippen LogP contribution in [0.25, 0.3) is 11.0 Å². The van der Waals surface area contributed by atoms with E-state index in [2.05, 4.69) is 10.1 Å². The van der Waals surface area contributed by atoms with Crippen molar-refractivity contribution in [2.24, 2.45) is 5.92 Å². The number of carboxylic acids is 1. The van der Waals surface area contributed by atoms with E-state index in [1.165, 1.54) is 12.3 Å². The number of aliphatic hydroxyl groups excluding tert-OH is 1. The molecule has 2 aromatic heterocycles. The van der Waals surface area contributed by atoms with Gasteiger partial charge < -0.3 is 24.4 Å². The minimum absolute atomic E-state index is 0.0713. The van der Waals surface area contributed by atoms with Gasteiger partial charge in [0.1, 0.15) is 34.7 Å². The summed E-state index contributed by atoms with van der Waals surface area (Å²) in [5.74, 6) is 0.375. The highest BCUT2D eigenvalue weighted by Crippen LogP contribution is 2.34. The average Bonchev–Trinajstić information content (AvgIpc) is 3.18. The molecule has 9 heteroatoms. The molecule has 2 atom stereocenters. The largest absolute Gasteiger partial charge is 0.496 e. The molecule has 2 N–H and O–H groups in total. The number of aromatic carboxylic acids is 1. The summed E-state index contributed by atoms with van der Waals surface area (Å²) in [5, 5.41) is 25.0. The van der Waals surface area contributed by atoms with Crippen LogP contribution in [0.15, 0.2) is 30.6 Å². The van der Waals surface area contributed by atoms with E-state index in [4.69, 9.17) is 14.2 Å². The number of rotatable bonds is 10. The highest BCUT2D eigenvalue weighted by Gasteiger charge is 2.26. The van der Waals surface area contributed by atoms with E-state index in [9.17, 15) is 15.0 Å². The molecule has 0 saturated heterocycles. The van der Waals surface area contributed by atoms with Crippen LogP contribution in [0.1, 0.15) is 41.4 Å². The van der Waals surface area contributed by atoms with Crippen LogP contribution in [0, 0.1) is 12.8 Å². The zero-order chi connectivity index (χ0) is 23.4. The Hall–Kier alpha value is -3.17. The molecular formula is C23H29N3O6. The van der Waals surface area contributed by atoms with Gasteiger partial charge in [0, 0.05) is 18.4 Å². The lowest BCUT2D eigenvalue weighted by Gasteiger charge is -2.25. The van der Waals surface area contributed by atoms with Gasteiger partial charge in [0.2, 0.25) is 0 Å². The Labute approximate surface area is 186 Å². The van der Waals surface area contributed by atoms with Crippen molar-refractivity contribution in [3.05, 3.63) is 47.3 Å². The predicted octanol–water partition coefficient (Wildman–Crippen LogP) is 3.23. The second-order valence-electron chi connectivity index (χ2n) is 8.01. The number of ether oxygens (including phenoxy) is 3. The summed E-state index contributed by atoms with van der Waals surface area (Å²) in [5.41, 5.74) is 2.23. The molecule has 3 aromatic rings. The lowest BCUT2D eigenvalue weighted by Crippen LogP contribution is -2.29. The minimum Gasteiger partial charge on any atom is -0.496 e. The number of fused-ring (bicyclic) bond motifs is 1. The first-order chi connectivity index (χ1) is 15.2. The fourth-order valence-electron chi connectivity index (χ4n) is 3.47. The monoisotopic (exact) mass is 443 g/mol. The molecule has 2 heterocycles. The van der Waals surface area contributed by atoms with Crippen LogP contribution in [0.5, 0.6) is 11.5 Å². The van der Waals surface area contributed by atoms with Crippen LogP contribution in [0.2, 0.25) is 0 Å². The van der Waals surface area contributed by atoms with Crippen molar-refractivity contribution in [2.45, 2.75) is 39.5 Å². The number of carbonyl (C=O) groups is 1. The number of carboxylic acid groups (broad SMARTS) is 1. The summed E-state index contributed by atoms with van der Waals surface area (Å²) in [7, 11) is 3.13. The first-order valence-corrected chi connectivity index (χ1v) is 10.3. The SMILES string of the molecule is COc1cc([C@@H](O)[C@H](Cn2cc3nccc(C(=O)O)c3n2)OCC(C)C)cc(OC)c1C. The van der Waals surface area contributed by atoms with Crippen molar-refractivity contribution >= 4 is 17.0 Å². The number of hydrogen-bond donors (Lipinski definition) is 2. The second-order valence-corrected chi connectivity index (χ2v) is 8.01. The molecule has 0 unspecified atom stereocenters. The molecular weight excluding hydrogens is 414 g/mol. The topological polar surface area (TPSA) is 116 Å². The van der Waals surface area contributed by atoms with Gasteiger partial charge in [-0.2, -0.15) is 5.10 Å². The molecule has 0 amide bonds. The Balaban J connectivity index is 1.96. The molecule has 3 rings (SSSR count). The Morgan fingerprint density at radius 2 is 1.84 bits per heavy atom. The summed E-state index contributed by atoms with van der Waals surface area (Å²) in [6.45, 7) is 6.55. The number of pyridine rings is 1. The molecule has 0 saturated carbocycles. The van der Waals surface area contributed by atoms with Gasteiger partial charge in [-0.15, -0.1) is 0 Å². The standard InChI is InChI=1S/C23H29N3O6/c1-13(2)12-32-20(22(27)15-8-18(30-4)14(3)19(9-15)31-5)11-26-10-17-21(25-26)16(23(28)29)6-7-24-17/h6-10,13,20,22,27H,11-12H2,1-5H3,(H,28,29)/t20-,22+/m0/s1. The summed E-state index contributed by atoms with van der Waals surface area (Å²) in [4.78, 5) is 15.7.